The molecule has 4 aromatic carbocycles. The molecule has 0 aliphatic carbocycles. The van der Waals surface area contributed by atoms with Gasteiger partial charge in [-0.05, 0) is 79.9 Å². The van der Waals surface area contributed by atoms with E-state index in [-0.39, 0.29) is 17.3 Å². The van der Waals surface area contributed by atoms with Crippen molar-refractivity contribution in [3.8, 4) is 0 Å². The van der Waals surface area contributed by atoms with Gasteiger partial charge in [-0.2, -0.15) is 25.3 Å². The van der Waals surface area contributed by atoms with Crippen LogP contribution in [0, 0.1) is 20.8 Å². The van der Waals surface area contributed by atoms with Gasteiger partial charge in [-0.1, -0.05) is 12.1 Å². The maximum absolute atomic E-state index is 13.7. The van der Waals surface area contributed by atoms with E-state index < -0.39 is 82.3 Å². The largest absolute Gasteiger partial charge is 0.398 e. The second kappa shape index (κ2) is 11.4. The Hall–Kier alpha value is -4.11. The highest BCUT2D eigenvalue weighted by Crippen LogP contribution is 2.38. The summed E-state index contributed by atoms with van der Waals surface area (Å²) < 4.78 is 131. The van der Waals surface area contributed by atoms with Gasteiger partial charge in [0, 0.05) is 22.0 Å². The lowest BCUT2D eigenvalue weighted by Crippen LogP contribution is -2.20. The lowest BCUT2D eigenvalue weighted by Gasteiger charge is -2.18. The van der Waals surface area contributed by atoms with Crippen LogP contribution >= 0.6 is 0 Å². The Morgan fingerprint density at radius 2 is 1.27 bits per heavy atom. The standard InChI is InChI=1S/C26H25N3O12S4/c1-13-4-6-23(21(8-13)28-26(30)17-12-19(27)15(3)9-14(17)2)42(31,32)29-20-5-7-22(44(36,37)38)18-10-16(43(33,34)35)11-24(25(18)20)45(39,40)41/h4-12,29H,27H2,1-3H3,(H,28,30)(H,33,34,35)(H,36,37,38)(H,39,40,41). The summed E-state index contributed by atoms with van der Waals surface area (Å²) in [6, 6.07) is 9.05. The minimum Gasteiger partial charge on any atom is -0.398 e. The van der Waals surface area contributed by atoms with Gasteiger partial charge < -0.3 is 11.1 Å². The van der Waals surface area contributed by atoms with E-state index >= 15 is 0 Å². The number of rotatable bonds is 8. The van der Waals surface area contributed by atoms with E-state index in [0.717, 1.165) is 12.1 Å². The summed E-state index contributed by atoms with van der Waals surface area (Å²) in [5, 5.41) is 0.764. The molecule has 0 atom stereocenters. The Morgan fingerprint density at radius 3 is 1.84 bits per heavy atom. The topological polar surface area (TPSA) is 264 Å². The molecule has 0 unspecified atom stereocenters. The molecule has 1 amide bonds. The van der Waals surface area contributed by atoms with Crippen LogP contribution in [-0.4, -0.2) is 53.2 Å². The number of fused-ring (bicyclic) bond motifs is 1. The van der Waals surface area contributed by atoms with Crippen LogP contribution in [0.3, 0.4) is 0 Å². The number of hydrogen-bond acceptors (Lipinski definition) is 10. The molecule has 0 saturated carbocycles. The van der Waals surface area contributed by atoms with Crippen LogP contribution in [0.25, 0.3) is 10.8 Å². The number of amides is 1. The van der Waals surface area contributed by atoms with Gasteiger partial charge in [0.15, 0.2) is 0 Å². The maximum Gasteiger partial charge on any atom is 0.295 e. The van der Waals surface area contributed by atoms with Gasteiger partial charge >= 0.3 is 0 Å². The minimum absolute atomic E-state index is 0.148. The van der Waals surface area contributed by atoms with E-state index in [0.29, 0.717) is 34.5 Å². The smallest absolute Gasteiger partial charge is 0.295 e. The Labute approximate surface area is 258 Å². The van der Waals surface area contributed by atoms with Crippen LogP contribution in [-0.2, 0) is 40.4 Å². The first-order valence-corrected chi connectivity index (χ1v) is 18.2. The van der Waals surface area contributed by atoms with Crippen molar-refractivity contribution in [1.29, 1.82) is 0 Å². The van der Waals surface area contributed by atoms with Crippen molar-refractivity contribution in [3.63, 3.8) is 0 Å². The van der Waals surface area contributed by atoms with Crippen molar-refractivity contribution in [2.24, 2.45) is 0 Å². The average molecular weight is 700 g/mol. The molecule has 0 fully saturated rings. The van der Waals surface area contributed by atoms with E-state index in [4.69, 9.17) is 5.73 Å². The number of hydrogen-bond donors (Lipinski definition) is 6. The van der Waals surface area contributed by atoms with Gasteiger partial charge in [0.25, 0.3) is 46.3 Å². The molecule has 240 valence electrons. The zero-order valence-electron chi connectivity index (χ0n) is 23.4. The first-order chi connectivity index (χ1) is 20.5. The lowest BCUT2D eigenvalue weighted by molar-refractivity contribution is 0.102. The number of nitrogen functional groups attached to an aromatic ring is 1. The highest BCUT2D eigenvalue weighted by Gasteiger charge is 2.29. The molecule has 4 rings (SSSR count). The summed E-state index contributed by atoms with van der Waals surface area (Å²) in [6.45, 7) is 5.00. The van der Waals surface area contributed by atoms with E-state index in [2.05, 4.69) is 10.0 Å². The summed E-state index contributed by atoms with van der Waals surface area (Å²) in [5.41, 5.74) is 7.29. The van der Waals surface area contributed by atoms with Crippen LogP contribution < -0.4 is 15.8 Å². The van der Waals surface area contributed by atoms with Crippen LogP contribution in [0.1, 0.15) is 27.0 Å². The molecule has 0 radical (unpaired) electrons. The van der Waals surface area contributed by atoms with Crippen LogP contribution in [0.2, 0.25) is 0 Å². The van der Waals surface area contributed by atoms with Crippen LogP contribution in [0.15, 0.2) is 74.2 Å². The molecule has 4 aromatic rings. The summed E-state index contributed by atoms with van der Waals surface area (Å²) >= 11 is 0. The van der Waals surface area contributed by atoms with Gasteiger partial charge in [0.05, 0.1) is 16.3 Å². The van der Waals surface area contributed by atoms with Crippen molar-refractivity contribution in [2.45, 2.75) is 40.4 Å². The first kappa shape index (κ1) is 33.8. The maximum atomic E-state index is 13.7. The van der Waals surface area contributed by atoms with Crippen molar-refractivity contribution in [1.82, 2.24) is 0 Å². The quantitative estimate of drug-likeness (QED) is 0.114. The highest BCUT2D eigenvalue weighted by atomic mass is 32.2. The third-order valence-corrected chi connectivity index (χ3v) is 10.7. The van der Waals surface area contributed by atoms with Crippen molar-refractivity contribution < 1.29 is 52.1 Å². The molecule has 0 aliphatic heterocycles. The molecule has 0 spiro atoms. The number of aryl methyl sites for hydroxylation is 3. The minimum atomic E-state index is -5.44. The molecule has 0 saturated heterocycles. The Morgan fingerprint density at radius 1 is 0.667 bits per heavy atom. The van der Waals surface area contributed by atoms with Crippen molar-refractivity contribution in [3.05, 3.63) is 76.9 Å². The Bertz CT molecular complexity index is 2370. The number of sulfonamides is 1. The zero-order chi connectivity index (χ0) is 33.9. The fourth-order valence-corrected chi connectivity index (χ4v) is 7.79. The molecule has 15 nitrogen and oxygen atoms in total. The van der Waals surface area contributed by atoms with E-state index in [1.54, 1.807) is 26.8 Å². The van der Waals surface area contributed by atoms with Gasteiger partial charge in [-0.25, -0.2) is 8.42 Å². The Kier molecular flexibility index (Phi) is 8.52. The normalized spacial score (nSPS) is 12.7. The summed E-state index contributed by atoms with van der Waals surface area (Å²) in [7, 11) is -20.7. The van der Waals surface area contributed by atoms with Gasteiger partial charge in [0.2, 0.25) is 0 Å². The fourth-order valence-electron chi connectivity index (χ4n) is 4.54. The molecule has 19 heteroatoms. The predicted octanol–water partition coefficient (Wildman–Crippen LogP) is 3.14. The Balaban J connectivity index is 1.94. The number of nitrogens with one attached hydrogen (secondary N) is 2. The molecule has 0 bridgehead atoms. The monoisotopic (exact) mass is 699 g/mol. The molecule has 0 aromatic heterocycles. The summed E-state index contributed by atoms with van der Waals surface area (Å²) in [6.07, 6.45) is 0. The second-order valence-electron chi connectivity index (χ2n) is 9.96. The number of anilines is 3. The van der Waals surface area contributed by atoms with Crippen molar-refractivity contribution in [2.75, 3.05) is 15.8 Å². The third-order valence-electron chi connectivity index (χ3n) is 6.64. The molecule has 0 heterocycles. The molecule has 7 N–H and O–H groups in total. The SMILES string of the molecule is Cc1ccc(S(=O)(=O)Nc2ccc(S(=O)(=O)O)c3cc(S(=O)(=O)O)cc(S(=O)(=O)O)c23)c(NC(=O)c2cc(N)c(C)cc2C)c1. The predicted molar refractivity (Wildman–Crippen MR) is 164 cm³/mol. The fraction of sp³-hybridized carbons (Fsp3) is 0.115. The van der Waals surface area contributed by atoms with E-state index in [1.807, 2.05) is 0 Å². The number of carbonyl (C=O) groups excluding carboxylic acids is 1. The summed E-state index contributed by atoms with van der Waals surface area (Å²) in [4.78, 5) is 9.07. The van der Waals surface area contributed by atoms with E-state index in [9.17, 15) is 52.1 Å². The molecule has 45 heavy (non-hydrogen) atoms. The highest BCUT2D eigenvalue weighted by molar-refractivity contribution is 7.93. The van der Waals surface area contributed by atoms with Crippen LogP contribution in [0.4, 0.5) is 17.1 Å². The zero-order valence-corrected chi connectivity index (χ0v) is 26.7. The van der Waals surface area contributed by atoms with E-state index in [1.165, 1.54) is 18.2 Å². The second-order valence-corrected chi connectivity index (χ2v) is 15.8. The summed E-state index contributed by atoms with van der Waals surface area (Å²) in [5.74, 6) is -0.712. The van der Waals surface area contributed by atoms with Gasteiger partial charge in [-0.15, -0.1) is 0 Å². The lowest BCUT2D eigenvalue weighted by atomic mass is 10.0. The average Bonchev–Trinajstić information content (AvgIpc) is 2.88. The first-order valence-electron chi connectivity index (χ1n) is 12.4. The van der Waals surface area contributed by atoms with Gasteiger partial charge in [-0.3, -0.25) is 23.2 Å². The number of carbonyl (C=O) groups is 1. The number of benzene rings is 4. The third kappa shape index (κ3) is 6.93. The van der Waals surface area contributed by atoms with Crippen molar-refractivity contribution >= 4 is 74.1 Å². The molecular weight excluding hydrogens is 675 g/mol. The molecular formula is C26H25N3O12S4. The molecule has 0 aliphatic rings. The number of nitrogens with two attached hydrogens (primary N) is 1. The van der Waals surface area contributed by atoms with Crippen LogP contribution in [0.5, 0.6) is 0 Å². The van der Waals surface area contributed by atoms with Gasteiger partial charge in [0.1, 0.15) is 14.7 Å².